The van der Waals surface area contributed by atoms with E-state index in [9.17, 15) is 14.4 Å². The van der Waals surface area contributed by atoms with Gasteiger partial charge in [-0.15, -0.1) is 0 Å². The summed E-state index contributed by atoms with van der Waals surface area (Å²) >= 11 is 0. The molecule has 0 aromatic heterocycles. The summed E-state index contributed by atoms with van der Waals surface area (Å²) in [4.78, 5) is 43.4. The summed E-state index contributed by atoms with van der Waals surface area (Å²) in [5.74, 6) is 1.20. The minimum Gasteiger partial charge on any atom is -0.493 e. The Labute approximate surface area is 257 Å². The lowest BCUT2D eigenvalue weighted by Crippen LogP contribution is -2.52. The monoisotopic (exact) mass is 600 g/mol. The van der Waals surface area contributed by atoms with E-state index >= 15 is 0 Å². The van der Waals surface area contributed by atoms with Gasteiger partial charge >= 0.3 is 0 Å². The number of ether oxygens (including phenoxy) is 3. The molecular formula is C34H40N4O6. The third kappa shape index (κ3) is 6.15. The topological polar surface area (TPSA) is 109 Å². The Morgan fingerprint density at radius 3 is 2.25 bits per heavy atom. The largest absolute Gasteiger partial charge is 0.493 e. The van der Waals surface area contributed by atoms with Crippen molar-refractivity contribution in [2.45, 2.75) is 38.8 Å². The minimum absolute atomic E-state index is 0.0647. The quantitative estimate of drug-likeness (QED) is 0.399. The molecule has 1 aliphatic heterocycles. The number of amides is 2. The SMILES string of the molecule is COc1cc2c(c(OC)c1OC)-c1ccc(N[C@@H](C)C(=O)N3CCN(c4ccccc4)CC3)c(=O)cc1[C@@H](NC(C)=O)CC2. The molecule has 2 amide bonds. The molecule has 1 fully saturated rings. The van der Waals surface area contributed by atoms with Gasteiger partial charge in [-0.2, -0.15) is 0 Å². The van der Waals surface area contributed by atoms with Gasteiger partial charge in [-0.05, 0) is 66.8 Å². The standard InChI is InChI=1S/C34H40N4O6/c1-21(34(41)38-17-15-37(16-18-38)24-9-7-6-8-10-24)35-28-14-12-25-26(20-29(28)40)27(36-22(2)39)13-11-23-19-30(42-3)32(43-4)33(44-5)31(23)25/h6-10,12,14,19-21,27H,11,13,15-18H2,1-5H3,(H,35,40)(H,36,39)/t21-,27-/m0/s1. The van der Waals surface area contributed by atoms with Crippen molar-refractivity contribution in [3.8, 4) is 28.4 Å². The van der Waals surface area contributed by atoms with Crippen LogP contribution in [0.15, 0.2) is 59.4 Å². The fourth-order valence-electron chi connectivity index (χ4n) is 6.22. The van der Waals surface area contributed by atoms with Crippen LogP contribution in [-0.2, 0) is 16.0 Å². The summed E-state index contributed by atoms with van der Waals surface area (Å²) < 4.78 is 17.1. The molecule has 0 radical (unpaired) electrons. The minimum atomic E-state index is -0.620. The number of aryl methyl sites for hydroxylation is 1. The number of rotatable bonds is 8. The van der Waals surface area contributed by atoms with Crippen molar-refractivity contribution < 1.29 is 23.8 Å². The van der Waals surface area contributed by atoms with E-state index in [1.54, 1.807) is 40.4 Å². The molecule has 3 aromatic rings. The highest BCUT2D eigenvalue weighted by Gasteiger charge is 2.30. The van der Waals surface area contributed by atoms with Crippen LogP contribution in [0.4, 0.5) is 11.4 Å². The Kier molecular flexibility index (Phi) is 9.27. The molecule has 3 aromatic carbocycles. The molecule has 2 aliphatic rings. The summed E-state index contributed by atoms with van der Waals surface area (Å²) in [6.45, 7) is 5.91. The highest BCUT2D eigenvalue weighted by Crippen LogP contribution is 2.50. The number of anilines is 2. The summed E-state index contributed by atoms with van der Waals surface area (Å²) in [6, 6.07) is 16.2. The van der Waals surface area contributed by atoms with E-state index in [1.807, 2.05) is 35.2 Å². The summed E-state index contributed by atoms with van der Waals surface area (Å²) in [5.41, 5.74) is 4.27. The molecule has 0 spiro atoms. The van der Waals surface area contributed by atoms with Crippen LogP contribution in [0.5, 0.6) is 17.2 Å². The van der Waals surface area contributed by atoms with E-state index in [4.69, 9.17) is 14.2 Å². The number of hydrogen-bond acceptors (Lipinski definition) is 8. The average molecular weight is 601 g/mol. The zero-order valence-electron chi connectivity index (χ0n) is 25.9. The highest BCUT2D eigenvalue weighted by atomic mass is 16.5. The predicted molar refractivity (Wildman–Crippen MR) is 171 cm³/mol. The Hall–Kier alpha value is -4.73. The normalized spacial score (nSPS) is 16.5. The summed E-state index contributed by atoms with van der Waals surface area (Å²) in [7, 11) is 4.68. The molecule has 0 unspecified atom stereocenters. The number of carbonyl (C=O) groups is 2. The molecule has 232 valence electrons. The summed E-state index contributed by atoms with van der Waals surface area (Å²) in [6.07, 6.45) is 1.17. The first kappa shape index (κ1) is 30.7. The number of nitrogens with zero attached hydrogens (tertiary/aromatic N) is 2. The molecule has 1 heterocycles. The van der Waals surface area contributed by atoms with Crippen LogP contribution in [0, 0.1) is 0 Å². The van der Waals surface area contributed by atoms with Gasteiger partial charge in [0.1, 0.15) is 6.04 Å². The Balaban J connectivity index is 1.46. The number of nitrogens with one attached hydrogen (secondary N) is 2. The molecule has 2 atom stereocenters. The van der Waals surface area contributed by atoms with Gasteiger partial charge in [0.25, 0.3) is 0 Å². The van der Waals surface area contributed by atoms with Crippen molar-refractivity contribution in [3.05, 3.63) is 75.9 Å². The van der Waals surface area contributed by atoms with Crippen molar-refractivity contribution in [3.63, 3.8) is 0 Å². The number of carbonyl (C=O) groups excluding carboxylic acids is 2. The number of methoxy groups -OCH3 is 3. The lowest BCUT2D eigenvalue weighted by molar-refractivity contribution is -0.132. The molecule has 1 aliphatic carbocycles. The zero-order chi connectivity index (χ0) is 31.4. The summed E-state index contributed by atoms with van der Waals surface area (Å²) in [5, 5.41) is 6.20. The molecular weight excluding hydrogens is 560 g/mol. The third-order valence-corrected chi connectivity index (χ3v) is 8.37. The van der Waals surface area contributed by atoms with Crippen molar-refractivity contribution in [2.75, 3.05) is 57.7 Å². The second kappa shape index (κ2) is 13.3. The predicted octanol–water partition coefficient (Wildman–Crippen LogP) is 4.01. The van der Waals surface area contributed by atoms with Crippen LogP contribution in [-0.4, -0.2) is 70.3 Å². The van der Waals surface area contributed by atoms with Gasteiger partial charge in [-0.1, -0.05) is 24.3 Å². The van der Waals surface area contributed by atoms with Crippen LogP contribution in [0.3, 0.4) is 0 Å². The van der Waals surface area contributed by atoms with Gasteiger partial charge in [0.2, 0.25) is 23.0 Å². The lowest BCUT2D eigenvalue weighted by atomic mass is 9.95. The number of fused-ring (bicyclic) bond motifs is 3. The van der Waals surface area contributed by atoms with E-state index in [1.165, 1.54) is 6.92 Å². The van der Waals surface area contributed by atoms with Crippen LogP contribution in [0.25, 0.3) is 11.1 Å². The molecule has 2 N–H and O–H groups in total. The smallest absolute Gasteiger partial charge is 0.244 e. The Morgan fingerprint density at radius 1 is 0.909 bits per heavy atom. The van der Waals surface area contributed by atoms with E-state index in [2.05, 4.69) is 27.7 Å². The number of piperazine rings is 1. The molecule has 0 saturated carbocycles. The first-order chi connectivity index (χ1) is 21.2. The second-order valence-corrected chi connectivity index (χ2v) is 11.1. The van der Waals surface area contributed by atoms with Crippen molar-refractivity contribution in [1.82, 2.24) is 10.2 Å². The van der Waals surface area contributed by atoms with E-state index in [-0.39, 0.29) is 17.2 Å². The van der Waals surface area contributed by atoms with Crippen molar-refractivity contribution >= 4 is 23.2 Å². The van der Waals surface area contributed by atoms with E-state index in [0.29, 0.717) is 54.4 Å². The third-order valence-electron chi connectivity index (χ3n) is 8.37. The molecule has 0 bridgehead atoms. The van der Waals surface area contributed by atoms with Gasteiger partial charge in [0.15, 0.2) is 11.5 Å². The fourth-order valence-corrected chi connectivity index (χ4v) is 6.22. The lowest BCUT2D eigenvalue weighted by Gasteiger charge is -2.37. The Bertz CT molecular complexity index is 1590. The number of para-hydroxylation sites is 1. The number of hydrogen-bond donors (Lipinski definition) is 2. The molecule has 1 saturated heterocycles. The van der Waals surface area contributed by atoms with Crippen LogP contribution in [0.1, 0.15) is 37.4 Å². The first-order valence-corrected chi connectivity index (χ1v) is 14.9. The van der Waals surface area contributed by atoms with Crippen LogP contribution < -0.4 is 35.2 Å². The Morgan fingerprint density at radius 2 is 1.61 bits per heavy atom. The molecule has 44 heavy (non-hydrogen) atoms. The number of benzene rings is 2. The highest BCUT2D eigenvalue weighted by molar-refractivity contribution is 5.86. The van der Waals surface area contributed by atoms with Gasteiger partial charge in [0.05, 0.1) is 33.1 Å². The van der Waals surface area contributed by atoms with Crippen LogP contribution in [0.2, 0.25) is 0 Å². The van der Waals surface area contributed by atoms with Gasteiger partial charge < -0.3 is 34.6 Å². The molecule has 10 nitrogen and oxygen atoms in total. The molecule has 10 heteroatoms. The van der Waals surface area contributed by atoms with Gasteiger partial charge in [-0.3, -0.25) is 14.4 Å². The van der Waals surface area contributed by atoms with E-state index < -0.39 is 12.1 Å². The van der Waals surface area contributed by atoms with E-state index in [0.717, 1.165) is 35.5 Å². The van der Waals surface area contributed by atoms with Crippen molar-refractivity contribution in [1.29, 1.82) is 0 Å². The first-order valence-electron chi connectivity index (χ1n) is 14.9. The van der Waals surface area contributed by atoms with Crippen molar-refractivity contribution in [2.24, 2.45) is 0 Å². The average Bonchev–Trinajstić information content (AvgIpc) is 3.28. The second-order valence-electron chi connectivity index (χ2n) is 11.1. The maximum atomic E-state index is 13.7. The zero-order valence-corrected chi connectivity index (χ0v) is 25.9. The fraction of sp³-hybridized carbons (Fsp3) is 0.382. The van der Waals surface area contributed by atoms with Crippen LogP contribution >= 0.6 is 0 Å². The van der Waals surface area contributed by atoms with Gasteiger partial charge in [-0.25, -0.2) is 0 Å². The maximum absolute atomic E-state index is 13.7. The maximum Gasteiger partial charge on any atom is 0.244 e. The molecule has 5 rings (SSSR count). The van der Waals surface area contributed by atoms with Gasteiger partial charge in [0, 0.05) is 44.4 Å².